The predicted octanol–water partition coefficient (Wildman–Crippen LogP) is 0.280. The topological polar surface area (TPSA) is 50.4 Å². The van der Waals surface area contributed by atoms with Crippen LogP contribution in [-0.4, -0.2) is 37.7 Å². The summed E-state index contributed by atoms with van der Waals surface area (Å²) in [6.45, 7) is 4.33. The Morgan fingerprint density at radius 2 is 2.47 bits per heavy atom. The van der Waals surface area contributed by atoms with E-state index in [4.69, 9.17) is 4.74 Å². The van der Waals surface area contributed by atoms with Gasteiger partial charge in [-0.25, -0.2) is 0 Å². The number of ether oxygens (including phenoxy) is 1. The maximum atomic E-state index is 11.7. The van der Waals surface area contributed by atoms with Gasteiger partial charge in [-0.2, -0.15) is 0 Å². The molecule has 0 aromatic carbocycles. The first-order chi connectivity index (χ1) is 7.31. The van der Waals surface area contributed by atoms with Crippen molar-refractivity contribution in [1.29, 1.82) is 0 Å². The summed E-state index contributed by atoms with van der Waals surface area (Å²) in [6.07, 6.45) is 3.31. The van der Waals surface area contributed by atoms with Crippen molar-refractivity contribution in [2.24, 2.45) is 5.92 Å². The Bertz CT molecular complexity index is 227. The van der Waals surface area contributed by atoms with Crippen LogP contribution in [0.2, 0.25) is 0 Å². The first kappa shape index (κ1) is 10.9. The normalized spacial score (nSPS) is 34.9. The molecule has 2 fully saturated rings. The fourth-order valence-electron chi connectivity index (χ4n) is 2.12. The maximum Gasteiger partial charge on any atom is 0.250 e. The van der Waals surface area contributed by atoms with Gasteiger partial charge in [-0.05, 0) is 18.8 Å². The zero-order valence-electron chi connectivity index (χ0n) is 9.29. The van der Waals surface area contributed by atoms with Crippen LogP contribution in [0.3, 0.4) is 0 Å². The van der Waals surface area contributed by atoms with Gasteiger partial charge in [-0.3, -0.25) is 4.79 Å². The van der Waals surface area contributed by atoms with E-state index in [0.29, 0.717) is 19.2 Å². The van der Waals surface area contributed by atoms with E-state index in [9.17, 15) is 4.79 Å². The number of morpholine rings is 1. The Balaban J connectivity index is 1.68. The number of amides is 1. The van der Waals surface area contributed by atoms with Crippen molar-refractivity contribution in [1.82, 2.24) is 10.6 Å². The van der Waals surface area contributed by atoms with Gasteiger partial charge in [0.2, 0.25) is 0 Å². The summed E-state index contributed by atoms with van der Waals surface area (Å²) in [5.41, 5.74) is 0. The molecule has 0 aromatic rings. The summed E-state index contributed by atoms with van der Waals surface area (Å²) in [7, 11) is 0. The van der Waals surface area contributed by atoms with Crippen molar-refractivity contribution in [3.63, 3.8) is 0 Å². The zero-order valence-corrected chi connectivity index (χ0v) is 9.29. The van der Waals surface area contributed by atoms with Gasteiger partial charge in [0.05, 0.1) is 6.61 Å². The molecule has 2 N–H and O–H groups in total. The molecule has 1 amide bonds. The maximum absolute atomic E-state index is 11.7. The molecule has 3 atom stereocenters. The molecule has 4 heteroatoms. The van der Waals surface area contributed by atoms with Crippen molar-refractivity contribution in [2.75, 3.05) is 19.7 Å². The minimum Gasteiger partial charge on any atom is -0.366 e. The Morgan fingerprint density at radius 3 is 3.13 bits per heavy atom. The van der Waals surface area contributed by atoms with Crippen molar-refractivity contribution in [3.05, 3.63) is 0 Å². The third-order valence-corrected chi connectivity index (χ3v) is 3.13. The van der Waals surface area contributed by atoms with E-state index >= 15 is 0 Å². The van der Waals surface area contributed by atoms with E-state index in [2.05, 4.69) is 17.6 Å². The molecule has 0 spiro atoms. The highest BCUT2D eigenvalue weighted by atomic mass is 16.5. The summed E-state index contributed by atoms with van der Waals surface area (Å²) < 4.78 is 5.39. The number of hydrogen-bond donors (Lipinski definition) is 2. The molecule has 15 heavy (non-hydrogen) atoms. The zero-order chi connectivity index (χ0) is 10.7. The molecule has 86 valence electrons. The van der Waals surface area contributed by atoms with Crippen LogP contribution in [-0.2, 0) is 9.53 Å². The van der Waals surface area contributed by atoms with Crippen LogP contribution in [0, 0.1) is 5.92 Å². The number of hydrogen-bond acceptors (Lipinski definition) is 3. The average molecular weight is 212 g/mol. The van der Waals surface area contributed by atoms with Crippen LogP contribution < -0.4 is 10.6 Å². The quantitative estimate of drug-likeness (QED) is 0.704. The Kier molecular flexibility index (Phi) is 3.59. The fourth-order valence-corrected chi connectivity index (χ4v) is 2.12. The molecule has 4 nitrogen and oxygen atoms in total. The van der Waals surface area contributed by atoms with E-state index in [0.717, 1.165) is 18.9 Å². The van der Waals surface area contributed by atoms with E-state index < -0.39 is 0 Å². The molecule has 1 saturated carbocycles. The summed E-state index contributed by atoms with van der Waals surface area (Å²) in [6, 6.07) is 0.419. The fraction of sp³-hybridized carbons (Fsp3) is 0.909. The molecule has 2 unspecified atom stereocenters. The van der Waals surface area contributed by atoms with E-state index in [1.807, 2.05) is 0 Å². The standard InChI is InChI=1S/C11H20N2O2/c1-2-3-8-6-9(8)13-11(14)10-7-12-4-5-15-10/h8-10,12H,2-7H2,1H3,(H,13,14)/t8?,9?,10-/m0/s1. The number of nitrogens with one attached hydrogen (secondary N) is 2. The SMILES string of the molecule is CCCC1CC1NC(=O)[C@@H]1CNCCO1. The second-order valence-corrected chi connectivity index (χ2v) is 4.46. The highest BCUT2D eigenvalue weighted by molar-refractivity contribution is 5.81. The van der Waals surface area contributed by atoms with Crippen molar-refractivity contribution in [2.45, 2.75) is 38.3 Å². The summed E-state index contributed by atoms with van der Waals surface area (Å²) in [5, 5.41) is 6.21. The third kappa shape index (κ3) is 2.92. The van der Waals surface area contributed by atoms with Gasteiger partial charge < -0.3 is 15.4 Å². The highest BCUT2D eigenvalue weighted by Gasteiger charge is 2.38. The summed E-state index contributed by atoms with van der Waals surface area (Å²) in [4.78, 5) is 11.7. The summed E-state index contributed by atoms with van der Waals surface area (Å²) >= 11 is 0. The van der Waals surface area contributed by atoms with Gasteiger partial charge in [0.1, 0.15) is 6.10 Å². The Morgan fingerprint density at radius 1 is 1.60 bits per heavy atom. The molecule has 1 saturated heterocycles. The minimum absolute atomic E-state index is 0.0609. The molecular weight excluding hydrogens is 192 g/mol. The van der Waals surface area contributed by atoms with Crippen molar-refractivity contribution < 1.29 is 9.53 Å². The molecule has 2 aliphatic rings. The lowest BCUT2D eigenvalue weighted by Gasteiger charge is -2.22. The van der Waals surface area contributed by atoms with E-state index in [1.54, 1.807) is 0 Å². The van der Waals surface area contributed by atoms with Crippen molar-refractivity contribution in [3.8, 4) is 0 Å². The first-order valence-corrected chi connectivity index (χ1v) is 5.94. The van der Waals surface area contributed by atoms with Crippen LogP contribution in [0.5, 0.6) is 0 Å². The average Bonchev–Trinajstić information content (AvgIpc) is 2.98. The molecule has 0 radical (unpaired) electrons. The van der Waals surface area contributed by atoms with Gasteiger partial charge in [0, 0.05) is 19.1 Å². The molecule has 1 heterocycles. The van der Waals surface area contributed by atoms with Gasteiger partial charge in [-0.15, -0.1) is 0 Å². The second-order valence-electron chi connectivity index (χ2n) is 4.46. The highest BCUT2D eigenvalue weighted by Crippen LogP contribution is 2.34. The second kappa shape index (κ2) is 4.94. The van der Waals surface area contributed by atoms with Crippen LogP contribution in [0.25, 0.3) is 0 Å². The molecule has 1 aliphatic carbocycles. The molecule has 0 aromatic heterocycles. The monoisotopic (exact) mass is 212 g/mol. The number of carbonyl (C=O) groups is 1. The van der Waals surface area contributed by atoms with Crippen LogP contribution >= 0.6 is 0 Å². The molecule has 0 bridgehead atoms. The lowest BCUT2D eigenvalue weighted by Crippen LogP contribution is -2.48. The predicted molar refractivity (Wildman–Crippen MR) is 57.6 cm³/mol. The molecule has 2 rings (SSSR count). The number of carbonyl (C=O) groups excluding carboxylic acids is 1. The minimum atomic E-state index is -0.276. The van der Waals surface area contributed by atoms with Gasteiger partial charge in [0.25, 0.3) is 5.91 Å². The van der Waals surface area contributed by atoms with Gasteiger partial charge in [-0.1, -0.05) is 13.3 Å². The largest absolute Gasteiger partial charge is 0.366 e. The van der Waals surface area contributed by atoms with Gasteiger partial charge >= 0.3 is 0 Å². The Labute approximate surface area is 90.8 Å². The molecule has 1 aliphatic heterocycles. The smallest absolute Gasteiger partial charge is 0.250 e. The lowest BCUT2D eigenvalue weighted by atomic mass is 10.2. The van der Waals surface area contributed by atoms with Crippen LogP contribution in [0.15, 0.2) is 0 Å². The lowest BCUT2D eigenvalue weighted by molar-refractivity contribution is -0.134. The number of rotatable bonds is 4. The van der Waals surface area contributed by atoms with E-state index in [-0.39, 0.29) is 12.0 Å². The van der Waals surface area contributed by atoms with Gasteiger partial charge in [0.15, 0.2) is 0 Å². The van der Waals surface area contributed by atoms with Crippen LogP contribution in [0.4, 0.5) is 0 Å². The summed E-state index contributed by atoms with van der Waals surface area (Å²) in [5.74, 6) is 0.779. The van der Waals surface area contributed by atoms with E-state index in [1.165, 1.54) is 12.8 Å². The third-order valence-electron chi connectivity index (χ3n) is 3.13. The van der Waals surface area contributed by atoms with Crippen LogP contribution in [0.1, 0.15) is 26.2 Å². The molecular formula is C11H20N2O2. The Hall–Kier alpha value is -0.610. The first-order valence-electron chi connectivity index (χ1n) is 5.94. The van der Waals surface area contributed by atoms with Crippen molar-refractivity contribution >= 4 is 5.91 Å².